The number of carbonyl (C=O) groups is 1. The Bertz CT molecular complexity index is 336. The van der Waals surface area contributed by atoms with Gasteiger partial charge in [0.05, 0.1) is 24.6 Å². The number of nitrogens with two attached hydrogens (primary N) is 1. The molecule has 7 heteroatoms. The third kappa shape index (κ3) is 11.0. The molecule has 0 saturated heterocycles. The van der Waals surface area contributed by atoms with Crippen molar-refractivity contribution in [3.8, 4) is 0 Å². The van der Waals surface area contributed by atoms with Gasteiger partial charge in [0.25, 0.3) is 0 Å². The number of hydrogen-bond donors (Lipinski definition) is 4. The summed E-state index contributed by atoms with van der Waals surface area (Å²) in [6.45, 7) is 7.20. The highest BCUT2D eigenvalue weighted by Gasteiger charge is 2.23. The first-order valence-electron chi connectivity index (χ1n) is 7.20. The molecule has 0 fully saturated rings. The number of amides is 1. The first-order valence-corrected chi connectivity index (χ1v) is 7.20. The van der Waals surface area contributed by atoms with E-state index in [9.17, 15) is 9.90 Å². The molecule has 0 aromatic heterocycles. The quantitative estimate of drug-likeness (QED) is 0.300. The number of amidine groups is 1. The number of unbranched alkanes of at least 4 members (excludes halogenated alkanes) is 1. The molecule has 0 aliphatic rings. The number of hydrogen-bond acceptors (Lipinski definition) is 5. The van der Waals surface area contributed by atoms with E-state index in [0.717, 1.165) is 12.8 Å². The van der Waals surface area contributed by atoms with Crippen molar-refractivity contribution in [1.82, 2.24) is 5.32 Å². The molecule has 0 aliphatic carbocycles. The second-order valence-corrected chi connectivity index (χ2v) is 6.02. The molecule has 0 saturated carbocycles. The lowest BCUT2D eigenvalue weighted by atomic mass is 10.0. The van der Waals surface area contributed by atoms with E-state index in [1.54, 1.807) is 27.7 Å². The Morgan fingerprint density at radius 3 is 2.48 bits per heavy atom. The van der Waals surface area contributed by atoms with Gasteiger partial charge < -0.3 is 26.0 Å². The highest BCUT2D eigenvalue weighted by atomic mass is 16.6. The zero-order valence-corrected chi connectivity index (χ0v) is 13.4. The standard InChI is InChI=1S/C14H29N3O4/c1-10(15)16-8-6-5-7-11(12(19)9-18)17-13(20)21-14(2,3)4/h11-12,18-19H,5-9H2,1-4H3,(H2,15,16)(H,17,20)/t11-,12-/m0/s1. The largest absolute Gasteiger partial charge is 0.444 e. The van der Waals surface area contributed by atoms with Crippen LogP contribution in [0.4, 0.5) is 4.79 Å². The Morgan fingerprint density at radius 2 is 2.00 bits per heavy atom. The van der Waals surface area contributed by atoms with Gasteiger partial charge in [-0.25, -0.2) is 4.79 Å². The Labute approximate surface area is 126 Å². The fourth-order valence-electron chi connectivity index (χ4n) is 1.68. The number of alkyl carbamates (subject to hydrolysis) is 1. The van der Waals surface area contributed by atoms with E-state index in [1.165, 1.54) is 0 Å². The number of rotatable bonds is 8. The van der Waals surface area contributed by atoms with Gasteiger partial charge in [0.1, 0.15) is 5.60 Å². The molecule has 0 aromatic rings. The number of ether oxygens (including phenoxy) is 1. The van der Waals surface area contributed by atoms with Gasteiger partial charge in [-0.05, 0) is 47.0 Å². The van der Waals surface area contributed by atoms with E-state index in [4.69, 9.17) is 15.6 Å². The predicted octanol–water partition coefficient (Wildman–Crippen LogP) is 0.780. The van der Waals surface area contributed by atoms with Crippen LogP contribution in [-0.4, -0.2) is 53.0 Å². The third-order valence-electron chi connectivity index (χ3n) is 2.64. The van der Waals surface area contributed by atoms with Gasteiger partial charge >= 0.3 is 6.09 Å². The highest BCUT2D eigenvalue weighted by Crippen LogP contribution is 2.10. The Kier molecular flexibility index (Phi) is 8.96. The molecule has 0 aliphatic heterocycles. The number of aliphatic hydroxyl groups is 2. The normalized spacial score (nSPS) is 15.4. The summed E-state index contributed by atoms with van der Waals surface area (Å²) in [5, 5.41) is 21.4. The summed E-state index contributed by atoms with van der Waals surface area (Å²) in [6.07, 6.45) is 0.446. The number of carbonyl (C=O) groups excluding carboxylic acids is 1. The fraction of sp³-hybridized carbons (Fsp3) is 0.857. The zero-order valence-electron chi connectivity index (χ0n) is 13.4. The highest BCUT2D eigenvalue weighted by molar-refractivity contribution is 5.77. The van der Waals surface area contributed by atoms with Crippen molar-refractivity contribution in [3.63, 3.8) is 0 Å². The summed E-state index contributed by atoms with van der Waals surface area (Å²) >= 11 is 0. The van der Waals surface area contributed by atoms with E-state index in [-0.39, 0.29) is 0 Å². The first kappa shape index (κ1) is 19.7. The van der Waals surface area contributed by atoms with Crippen LogP contribution in [0, 0.1) is 0 Å². The van der Waals surface area contributed by atoms with Gasteiger partial charge in [0, 0.05) is 6.54 Å². The van der Waals surface area contributed by atoms with Gasteiger partial charge in [-0.3, -0.25) is 4.99 Å². The Balaban J connectivity index is 4.27. The average molecular weight is 303 g/mol. The molecule has 0 radical (unpaired) electrons. The second kappa shape index (κ2) is 9.57. The van der Waals surface area contributed by atoms with E-state index in [0.29, 0.717) is 18.8 Å². The number of nitrogens with one attached hydrogen (secondary N) is 1. The summed E-state index contributed by atoms with van der Waals surface area (Å²) in [7, 11) is 0. The van der Waals surface area contributed by atoms with E-state index in [2.05, 4.69) is 10.3 Å². The van der Waals surface area contributed by atoms with Crippen molar-refractivity contribution < 1.29 is 19.7 Å². The van der Waals surface area contributed by atoms with Gasteiger partial charge in [0.2, 0.25) is 0 Å². The summed E-state index contributed by atoms with van der Waals surface area (Å²) in [6, 6.07) is -0.548. The molecule has 1 amide bonds. The smallest absolute Gasteiger partial charge is 0.407 e. The van der Waals surface area contributed by atoms with Gasteiger partial charge in [-0.2, -0.15) is 0 Å². The number of aliphatic imine (C=N–C) groups is 1. The summed E-state index contributed by atoms with van der Waals surface area (Å²) in [4.78, 5) is 15.8. The van der Waals surface area contributed by atoms with Crippen molar-refractivity contribution in [2.24, 2.45) is 10.7 Å². The molecule has 124 valence electrons. The molecule has 0 bridgehead atoms. The summed E-state index contributed by atoms with van der Waals surface area (Å²) < 4.78 is 5.14. The van der Waals surface area contributed by atoms with Crippen LogP contribution in [0.3, 0.4) is 0 Å². The maximum Gasteiger partial charge on any atom is 0.407 e. The Hall–Kier alpha value is -1.34. The maximum absolute atomic E-state index is 11.7. The number of nitrogens with zero attached hydrogens (tertiary/aromatic N) is 1. The minimum atomic E-state index is -1.02. The molecule has 7 nitrogen and oxygen atoms in total. The van der Waals surface area contributed by atoms with E-state index in [1.807, 2.05) is 0 Å². The maximum atomic E-state index is 11.7. The minimum absolute atomic E-state index is 0.416. The van der Waals surface area contributed by atoms with Crippen LogP contribution in [0.1, 0.15) is 47.0 Å². The van der Waals surface area contributed by atoms with Crippen LogP contribution in [0.2, 0.25) is 0 Å². The topological polar surface area (TPSA) is 117 Å². The van der Waals surface area contributed by atoms with E-state index < -0.39 is 30.4 Å². The van der Waals surface area contributed by atoms with Crippen molar-refractivity contribution in [2.45, 2.75) is 64.7 Å². The van der Waals surface area contributed by atoms with Crippen LogP contribution in [0.15, 0.2) is 4.99 Å². The molecular weight excluding hydrogens is 274 g/mol. The lowest BCUT2D eigenvalue weighted by Gasteiger charge is -2.25. The van der Waals surface area contributed by atoms with Crippen LogP contribution >= 0.6 is 0 Å². The molecule has 2 atom stereocenters. The van der Waals surface area contributed by atoms with Crippen molar-refractivity contribution in [3.05, 3.63) is 0 Å². The van der Waals surface area contributed by atoms with Crippen molar-refractivity contribution in [1.29, 1.82) is 0 Å². The summed E-state index contributed by atoms with van der Waals surface area (Å²) in [5.74, 6) is 0.536. The fourth-order valence-corrected chi connectivity index (χ4v) is 1.68. The molecule has 5 N–H and O–H groups in total. The van der Waals surface area contributed by atoms with Gasteiger partial charge in [0.15, 0.2) is 0 Å². The molecule has 0 aromatic carbocycles. The van der Waals surface area contributed by atoms with Crippen LogP contribution < -0.4 is 11.1 Å². The predicted molar refractivity (Wildman–Crippen MR) is 82.3 cm³/mol. The minimum Gasteiger partial charge on any atom is -0.444 e. The monoisotopic (exact) mass is 303 g/mol. The van der Waals surface area contributed by atoms with E-state index >= 15 is 0 Å². The van der Waals surface area contributed by atoms with Gasteiger partial charge in [-0.15, -0.1) is 0 Å². The zero-order chi connectivity index (χ0) is 16.5. The Morgan fingerprint density at radius 1 is 1.38 bits per heavy atom. The third-order valence-corrected chi connectivity index (χ3v) is 2.64. The number of aliphatic hydroxyl groups excluding tert-OH is 2. The molecular formula is C14H29N3O4. The molecule has 0 spiro atoms. The molecule has 0 rings (SSSR count). The van der Waals surface area contributed by atoms with Crippen LogP contribution in [0.25, 0.3) is 0 Å². The molecule has 0 heterocycles. The second-order valence-electron chi connectivity index (χ2n) is 6.02. The molecule has 21 heavy (non-hydrogen) atoms. The SMILES string of the molecule is CC(N)=NCCCC[C@H](NC(=O)OC(C)(C)C)[C@@H](O)CO. The summed E-state index contributed by atoms with van der Waals surface area (Å²) in [5.41, 5.74) is 4.83. The van der Waals surface area contributed by atoms with Crippen molar-refractivity contribution in [2.75, 3.05) is 13.2 Å². The lowest BCUT2D eigenvalue weighted by Crippen LogP contribution is -2.46. The average Bonchev–Trinajstić information content (AvgIpc) is 2.33. The first-order chi connectivity index (χ1) is 9.65. The van der Waals surface area contributed by atoms with Crippen LogP contribution in [0.5, 0.6) is 0 Å². The molecule has 0 unspecified atom stereocenters. The van der Waals surface area contributed by atoms with Gasteiger partial charge in [-0.1, -0.05) is 0 Å². The van der Waals surface area contributed by atoms with Crippen molar-refractivity contribution >= 4 is 11.9 Å². The van der Waals surface area contributed by atoms with Crippen LogP contribution in [-0.2, 0) is 4.74 Å². The lowest BCUT2D eigenvalue weighted by molar-refractivity contribution is 0.0302.